The molecule has 0 aromatic heterocycles. The van der Waals surface area contributed by atoms with Crippen LogP contribution in [0.15, 0.2) is 24.3 Å². The van der Waals surface area contributed by atoms with Gasteiger partial charge in [0.05, 0.1) is 18.3 Å². The van der Waals surface area contributed by atoms with Gasteiger partial charge < -0.3 is 23.4 Å². The summed E-state index contributed by atoms with van der Waals surface area (Å²) in [6, 6.07) is 6.17. The van der Waals surface area contributed by atoms with Crippen molar-refractivity contribution in [2.45, 2.75) is 84.2 Å². The van der Waals surface area contributed by atoms with E-state index < -0.39 is 26.6 Å². The molecule has 34 heavy (non-hydrogen) atoms. The molecule has 0 atom stereocenters. The minimum absolute atomic E-state index is 0.0637. The first-order valence-electron chi connectivity index (χ1n) is 12.2. The number of hydrogen-bond acceptors (Lipinski definition) is 5. The van der Waals surface area contributed by atoms with Gasteiger partial charge in [-0.05, 0) is 69.5 Å². The zero-order chi connectivity index (χ0) is 25.5. The van der Waals surface area contributed by atoms with E-state index in [1.807, 2.05) is 44.7 Å². The molecule has 2 heterocycles. The fraction of sp³-hybridized carbons (Fsp3) is 0.654. The smallest absolute Gasteiger partial charge is 0.497 e. The Morgan fingerprint density at radius 3 is 2.26 bits per heavy atom. The monoisotopic (exact) mass is 487 g/mol. The molecule has 1 fully saturated rings. The largest absolute Gasteiger partial charge is 0.498 e. The number of rotatable bonds is 6. The van der Waals surface area contributed by atoms with E-state index in [-0.39, 0.29) is 17.6 Å². The first-order chi connectivity index (χ1) is 15.6. The van der Waals surface area contributed by atoms with Crippen molar-refractivity contribution in [1.29, 1.82) is 0 Å². The Kier molecular flexibility index (Phi) is 7.50. The average Bonchev–Trinajstić information content (AvgIpc) is 2.97. The molecule has 2 aliphatic rings. The second kappa shape index (κ2) is 9.45. The lowest BCUT2D eigenvalue weighted by Crippen LogP contribution is -2.45. The number of amides is 1. The fourth-order valence-electron chi connectivity index (χ4n) is 3.78. The molecular weight excluding hydrogens is 445 g/mol. The highest BCUT2D eigenvalue weighted by Gasteiger charge is 2.52. The molecule has 1 amide bonds. The van der Waals surface area contributed by atoms with Gasteiger partial charge in [0, 0.05) is 18.6 Å². The molecule has 0 radical (unpaired) electrons. The van der Waals surface area contributed by atoms with Crippen molar-refractivity contribution in [2.24, 2.45) is 0 Å². The molecule has 8 heteroatoms. The van der Waals surface area contributed by atoms with Crippen LogP contribution >= 0.6 is 0 Å². The van der Waals surface area contributed by atoms with Gasteiger partial charge >= 0.3 is 7.12 Å². The van der Waals surface area contributed by atoms with Crippen LogP contribution in [0.5, 0.6) is 5.75 Å². The lowest BCUT2D eigenvalue weighted by Gasteiger charge is -2.36. The molecule has 188 valence electrons. The highest BCUT2D eigenvalue weighted by Crippen LogP contribution is 2.38. The number of ether oxygens (including phenoxy) is 1. The molecule has 0 unspecified atom stereocenters. The van der Waals surface area contributed by atoms with E-state index in [1.165, 1.54) is 5.57 Å². The molecule has 3 rings (SSSR count). The summed E-state index contributed by atoms with van der Waals surface area (Å²) in [5, 5.41) is 0.0908. The molecule has 0 bridgehead atoms. The first-order valence-corrected chi connectivity index (χ1v) is 15.1. The maximum atomic E-state index is 12.8. The van der Waals surface area contributed by atoms with E-state index in [0.717, 1.165) is 23.2 Å². The van der Waals surface area contributed by atoms with Crippen molar-refractivity contribution in [1.82, 2.24) is 4.90 Å². The number of nitrogens with zero attached hydrogens (tertiary/aromatic N) is 1. The standard InChI is InChI=1S/C26H42BNO5Si/c1-24(2,3)34(9,10)31-18-23(29)28-15-13-19(14-16-28)20-11-12-21(22(17-20)30-8)27-32-25(4,5)26(6,7)33-27/h11-13,17H,14-16,18H2,1-10H3. The van der Waals surface area contributed by atoms with Gasteiger partial charge in [0.25, 0.3) is 0 Å². The van der Waals surface area contributed by atoms with Crippen LogP contribution < -0.4 is 10.2 Å². The lowest BCUT2D eigenvalue weighted by atomic mass is 9.77. The van der Waals surface area contributed by atoms with Crippen LogP contribution in [0.1, 0.15) is 60.5 Å². The Labute approximate surface area is 207 Å². The average molecular weight is 488 g/mol. The fourth-order valence-corrected chi connectivity index (χ4v) is 4.70. The molecule has 6 nitrogen and oxygen atoms in total. The van der Waals surface area contributed by atoms with Crippen LogP contribution in [-0.4, -0.2) is 64.3 Å². The second-order valence-electron chi connectivity index (χ2n) is 11.9. The summed E-state index contributed by atoms with van der Waals surface area (Å²) in [5.41, 5.74) is 2.39. The SMILES string of the molecule is COc1cc(C2=CCN(C(=O)CO[Si](C)(C)C(C)(C)C)CC2)ccc1B1OC(C)(C)C(C)(C)O1. The predicted molar refractivity (Wildman–Crippen MR) is 141 cm³/mol. The van der Waals surface area contributed by atoms with Crippen molar-refractivity contribution in [3.63, 3.8) is 0 Å². The van der Waals surface area contributed by atoms with E-state index in [9.17, 15) is 4.79 Å². The Morgan fingerprint density at radius 1 is 1.15 bits per heavy atom. The van der Waals surface area contributed by atoms with Crippen LogP contribution in [0, 0.1) is 0 Å². The third-order valence-corrected chi connectivity index (χ3v) is 12.5. The lowest BCUT2D eigenvalue weighted by molar-refractivity contribution is -0.133. The van der Waals surface area contributed by atoms with Gasteiger partial charge in [-0.1, -0.05) is 39.0 Å². The maximum Gasteiger partial charge on any atom is 0.498 e. The molecule has 1 saturated heterocycles. The van der Waals surface area contributed by atoms with Gasteiger partial charge in [-0.3, -0.25) is 4.79 Å². The highest BCUT2D eigenvalue weighted by atomic mass is 28.4. The van der Waals surface area contributed by atoms with Crippen LogP contribution in [0.4, 0.5) is 0 Å². The van der Waals surface area contributed by atoms with Gasteiger partial charge in [0.2, 0.25) is 5.91 Å². The summed E-state index contributed by atoms with van der Waals surface area (Å²) in [4.78, 5) is 14.6. The van der Waals surface area contributed by atoms with E-state index in [0.29, 0.717) is 13.1 Å². The van der Waals surface area contributed by atoms with Crippen molar-refractivity contribution < 1.29 is 23.3 Å². The quantitative estimate of drug-likeness (QED) is 0.548. The summed E-state index contributed by atoms with van der Waals surface area (Å²) in [7, 11) is -0.737. The van der Waals surface area contributed by atoms with E-state index >= 15 is 0 Å². The maximum absolute atomic E-state index is 12.8. The van der Waals surface area contributed by atoms with Crippen LogP contribution in [0.3, 0.4) is 0 Å². The molecule has 2 aliphatic heterocycles. The van der Waals surface area contributed by atoms with Crippen molar-refractivity contribution >= 4 is 32.4 Å². The van der Waals surface area contributed by atoms with E-state index in [1.54, 1.807) is 7.11 Å². The molecular formula is C26H42BNO5Si. The van der Waals surface area contributed by atoms with Crippen molar-refractivity contribution in [3.8, 4) is 5.75 Å². The molecule has 0 saturated carbocycles. The Balaban J connectivity index is 1.67. The molecule has 1 aromatic carbocycles. The number of carbonyl (C=O) groups excluding carboxylic acids is 1. The normalized spacial score (nSPS) is 20.4. The number of benzene rings is 1. The summed E-state index contributed by atoms with van der Waals surface area (Å²) < 4.78 is 24.3. The third kappa shape index (κ3) is 5.45. The van der Waals surface area contributed by atoms with Crippen LogP contribution in [0.2, 0.25) is 18.1 Å². The Hall–Kier alpha value is -1.61. The van der Waals surface area contributed by atoms with Gasteiger partial charge in [0.1, 0.15) is 12.4 Å². The highest BCUT2D eigenvalue weighted by molar-refractivity contribution is 6.74. The summed E-state index contributed by atoms with van der Waals surface area (Å²) >= 11 is 0. The minimum atomic E-state index is -1.94. The second-order valence-corrected chi connectivity index (χ2v) is 16.7. The third-order valence-electron chi connectivity index (χ3n) is 8.04. The van der Waals surface area contributed by atoms with Crippen molar-refractivity contribution in [3.05, 3.63) is 29.8 Å². The van der Waals surface area contributed by atoms with E-state index in [4.69, 9.17) is 18.5 Å². The van der Waals surface area contributed by atoms with Gasteiger partial charge in [-0.15, -0.1) is 0 Å². The van der Waals surface area contributed by atoms with Crippen LogP contribution in [0.25, 0.3) is 5.57 Å². The summed E-state index contributed by atoms with van der Waals surface area (Å²) in [6.07, 6.45) is 2.93. The first kappa shape index (κ1) is 27.0. The summed E-state index contributed by atoms with van der Waals surface area (Å²) in [6.45, 7) is 20.5. The van der Waals surface area contributed by atoms with Crippen LogP contribution in [-0.2, 0) is 18.5 Å². The summed E-state index contributed by atoms with van der Waals surface area (Å²) in [5.74, 6) is 0.812. The zero-order valence-electron chi connectivity index (χ0n) is 22.7. The zero-order valence-corrected chi connectivity index (χ0v) is 23.7. The minimum Gasteiger partial charge on any atom is -0.497 e. The molecule has 1 aromatic rings. The number of hydrogen-bond donors (Lipinski definition) is 0. The molecule has 0 spiro atoms. The molecule has 0 N–H and O–H groups in total. The topological polar surface area (TPSA) is 57.2 Å². The van der Waals surface area contributed by atoms with Gasteiger partial charge in [0.15, 0.2) is 8.32 Å². The Bertz CT molecular complexity index is 935. The Morgan fingerprint density at radius 2 is 1.76 bits per heavy atom. The molecule has 0 aliphatic carbocycles. The van der Waals surface area contributed by atoms with E-state index in [2.05, 4.69) is 46.0 Å². The predicted octanol–water partition coefficient (Wildman–Crippen LogP) is 4.63. The van der Waals surface area contributed by atoms with Crippen molar-refractivity contribution in [2.75, 3.05) is 26.8 Å². The number of carbonyl (C=O) groups is 1. The van der Waals surface area contributed by atoms with Gasteiger partial charge in [-0.2, -0.15) is 0 Å². The van der Waals surface area contributed by atoms with Gasteiger partial charge in [-0.25, -0.2) is 0 Å². The number of methoxy groups -OCH3 is 1.